The summed E-state index contributed by atoms with van der Waals surface area (Å²) in [4.78, 5) is 15.2. The molecule has 3 N–H and O–H groups in total. The van der Waals surface area contributed by atoms with Crippen molar-refractivity contribution in [2.24, 2.45) is 0 Å². The summed E-state index contributed by atoms with van der Waals surface area (Å²) in [5.41, 5.74) is 9.03. The van der Waals surface area contributed by atoms with Crippen molar-refractivity contribution in [2.75, 3.05) is 5.73 Å². The van der Waals surface area contributed by atoms with Gasteiger partial charge in [0, 0.05) is 29.7 Å². The van der Waals surface area contributed by atoms with Gasteiger partial charge in [0.2, 0.25) is 0 Å². The number of fused-ring (bicyclic) bond motifs is 1. The molecule has 3 rings (SSSR count). The molecule has 2 aromatic heterocycles. The molecule has 94 valence electrons. The molecule has 1 aromatic carbocycles. The molecule has 2 heterocycles. The number of pyridine rings is 1. The fourth-order valence-electron chi connectivity index (χ4n) is 1.92. The molecule has 0 saturated heterocycles. The molecule has 0 aliphatic rings. The molecule has 0 radical (unpaired) electrons. The van der Waals surface area contributed by atoms with E-state index in [0.717, 1.165) is 16.9 Å². The third-order valence-corrected chi connectivity index (χ3v) is 2.91. The average molecular weight is 253 g/mol. The molecule has 5 nitrogen and oxygen atoms in total. The number of nitrogens with zero attached hydrogens (tertiary/aromatic N) is 2. The van der Waals surface area contributed by atoms with E-state index in [-0.39, 0.29) is 5.56 Å². The van der Waals surface area contributed by atoms with E-state index < -0.39 is 5.97 Å². The number of anilines is 1. The van der Waals surface area contributed by atoms with Gasteiger partial charge in [0.1, 0.15) is 5.65 Å². The Hall–Kier alpha value is -2.82. The zero-order chi connectivity index (χ0) is 13.4. The molecule has 0 spiro atoms. The largest absolute Gasteiger partial charge is 0.478 e. The Kier molecular flexibility index (Phi) is 2.45. The van der Waals surface area contributed by atoms with E-state index in [1.165, 1.54) is 0 Å². The van der Waals surface area contributed by atoms with Crippen LogP contribution in [0.3, 0.4) is 0 Å². The van der Waals surface area contributed by atoms with E-state index in [2.05, 4.69) is 4.98 Å². The monoisotopic (exact) mass is 253 g/mol. The van der Waals surface area contributed by atoms with E-state index in [0.29, 0.717) is 5.69 Å². The molecular weight excluding hydrogens is 242 g/mol. The minimum atomic E-state index is -0.936. The first kappa shape index (κ1) is 11.3. The van der Waals surface area contributed by atoms with E-state index in [4.69, 9.17) is 10.8 Å². The van der Waals surface area contributed by atoms with Crippen LogP contribution in [-0.2, 0) is 0 Å². The number of carbonyl (C=O) groups is 1. The highest BCUT2D eigenvalue weighted by Gasteiger charge is 2.06. The number of hydrogen-bond acceptors (Lipinski definition) is 3. The van der Waals surface area contributed by atoms with E-state index >= 15 is 0 Å². The number of nitrogens with two attached hydrogens (primary N) is 1. The highest BCUT2D eigenvalue weighted by molar-refractivity contribution is 5.88. The summed E-state index contributed by atoms with van der Waals surface area (Å²) in [6.45, 7) is 0. The van der Waals surface area contributed by atoms with Crippen molar-refractivity contribution in [3.63, 3.8) is 0 Å². The third kappa shape index (κ3) is 2.01. The zero-order valence-electron chi connectivity index (χ0n) is 9.95. The average Bonchev–Trinajstić information content (AvgIpc) is 2.81. The molecule has 0 atom stereocenters. The lowest BCUT2D eigenvalue weighted by Gasteiger charge is -1.97. The topological polar surface area (TPSA) is 80.6 Å². The molecule has 5 heteroatoms. The lowest BCUT2D eigenvalue weighted by atomic mass is 10.1. The fourth-order valence-corrected chi connectivity index (χ4v) is 1.92. The van der Waals surface area contributed by atoms with Gasteiger partial charge in [-0.1, -0.05) is 12.1 Å². The van der Waals surface area contributed by atoms with E-state index in [9.17, 15) is 4.79 Å². The van der Waals surface area contributed by atoms with Gasteiger partial charge in [0.25, 0.3) is 0 Å². The van der Waals surface area contributed by atoms with Crippen molar-refractivity contribution >= 4 is 17.3 Å². The summed E-state index contributed by atoms with van der Waals surface area (Å²) in [6, 6.07) is 10.2. The van der Waals surface area contributed by atoms with Crippen LogP contribution in [0.15, 0.2) is 48.8 Å². The third-order valence-electron chi connectivity index (χ3n) is 2.91. The lowest BCUT2D eigenvalue weighted by molar-refractivity contribution is 0.0697. The first-order valence-corrected chi connectivity index (χ1v) is 5.71. The normalized spacial score (nSPS) is 10.7. The number of hydrogen-bond donors (Lipinski definition) is 2. The van der Waals surface area contributed by atoms with Gasteiger partial charge in [-0.2, -0.15) is 0 Å². The Labute approximate surface area is 108 Å². The highest BCUT2D eigenvalue weighted by Crippen LogP contribution is 2.20. The van der Waals surface area contributed by atoms with Crippen molar-refractivity contribution in [1.82, 2.24) is 9.38 Å². The summed E-state index contributed by atoms with van der Waals surface area (Å²) in [6.07, 6.45) is 3.72. The maximum atomic E-state index is 10.8. The molecule has 0 aliphatic carbocycles. The van der Waals surface area contributed by atoms with Crippen LogP contribution in [-0.4, -0.2) is 20.5 Å². The lowest BCUT2D eigenvalue weighted by Crippen LogP contribution is -1.94. The Bertz CT molecular complexity index is 760. The Morgan fingerprint density at radius 1 is 1.21 bits per heavy atom. The zero-order valence-corrected chi connectivity index (χ0v) is 9.95. The van der Waals surface area contributed by atoms with Gasteiger partial charge in [-0.05, 0) is 18.2 Å². The van der Waals surface area contributed by atoms with E-state index in [1.54, 1.807) is 36.4 Å². The molecule has 0 bridgehead atoms. The second kappa shape index (κ2) is 4.13. The SMILES string of the molecule is Nc1ccn2cc(-c3ccc(C(=O)O)cc3)nc2c1. The van der Waals surface area contributed by atoms with Crippen LogP contribution in [0.25, 0.3) is 16.9 Å². The number of rotatable bonds is 2. The molecule has 0 aliphatic heterocycles. The Morgan fingerprint density at radius 2 is 1.95 bits per heavy atom. The van der Waals surface area contributed by atoms with Crippen LogP contribution < -0.4 is 5.73 Å². The number of carboxylic acid groups (broad SMARTS) is 1. The van der Waals surface area contributed by atoms with Crippen LogP contribution in [0.1, 0.15) is 10.4 Å². The first-order chi connectivity index (χ1) is 9.13. The maximum Gasteiger partial charge on any atom is 0.335 e. The second-order valence-electron chi connectivity index (χ2n) is 4.23. The maximum absolute atomic E-state index is 10.8. The molecule has 0 fully saturated rings. The van der Waals surface area contributed by atoms with Gasteiger partial charge in [0.05, 0.1) is 11.3 Å². The van der Waals surface area contributed by atoms with Gasteiger partial charge in [-0.3, -0.25) is 0 Å². The second-order valence-corrected chi connectivity index (χ2v) is 4.23. The number of aromatic nitrogens is 2. The van der Waals surface area contributed by atoms with Gasteiger partial charge in [-0.25, -0.2) is 9.78 Å². The minimum Gasteiger partial charge on any atom is -0.478 e. The number of nitrogen functional groups attached to an aromatic ring is 1. The van der Waals surface area contributed by atoms with Gasteiger partial charge < -0.3 is 15.2 Å². The first-order valence-electron chi connectivity index (χ1n) is 5.71. The van der Waals surface area contributed by atoms with Gasteiger partial charge in [-0.15, -0.1) is 0 Å². The molecule has 0 saturated carbocycles. The number of benzene rings is 1. The molecular formula is C14H11N3O2. The predicted molar refractivity (Wildman–Crippen MR) is 72.0 cm³/mol. The van der Waals surface area contributed by atoms with Crippen molar-refractivity contribution < 1.29 is 9.90 Å². The summed E-state index contributed by atoms with van der Waals surface area (Å²) in [5, 5.41) is 8.86. The summed E-state index contributed by atoms with van der Waals surface area (Å²) in [7, 11) is 0. The summed E-state index contributed by atoms with van der Waals surface area (Å²) < 4.78 is 1.87. The number of carboxylic acids is 1. The van der Waals surface area contributed by atoms with Gasteiger partial charge >= 0.3 is 5.97 Å². The number of imidazole rings is 1. The number of aromatic carboxylic acids is 1. The van der Waals surface area contributed by atoms with Crippen LogP contribution in [0.5, 0.6) is 0 Å². The summed E-state index contributed by atoms with van der Waals surface area (Å²) in [5.74, 6) is -0.936. The Balaban J connectivity index is 2.06. The minimum absolute atomic E-state index is 0.261. The van der Waals surface area contributed by atoms with Crippen LogP contribution in [0.2, 0.25) is 0 Å². The van der Waals surface area contributed by atoms with Crippen LogP contribution >= 0.6 is 0 Å². The van der Waals surface area contributed by atoms with E-state index in [1.807, 2.05) is 16.8 Å². The van der Waals surface area contributed by atoms with Crippen LogP contribution in [0, 0.1) is 0 Å². The van der Waals surface area contributed by atoms with Gasteiger partial charge in [0.15, 0.2) is 0 Å². The fraction of sp³-hybridized carbons (Fsp3) is 0. The highest BCUT2D eigenvalue weighted by atomic mass is 16.4. The van der Waals surface area contributed by atoms with Crippen molar-refractivity contribution in [2.45, 2.75) is 0 Å². The Morgan fingerprint density at radius 3 is 2.63 bits per heavy atom. The van der Waals surface area contributed by atoms with Crippen molar-refractivity contribution in [3.8, 4) is 11.3 Å². The van der Waals surface area contributed by atoms with Crippen LogP contribution in [0.4, 0.5) is 5.69 Å². The molecule has 0 unspecified atom stereocenters. The van der Waals surface area contributed by atoms with Crippen molar-refractivity contribution in [3.05, 3.63) is 54.4 Å². The molecule has 3 aromatic rings. The summed E-state index contributed by atoms with van der Waals surface area (Å²) >= 11 is 0. The smallest absolute Gasteiger partial charge is 0.335 e. The standard InChI is InChI=1S/C14H11N3O2/c15-11-5-6-17-8-12(16-13(17)7-11)9-1-3-10(4-2-9)14(18)19/h1-8H,15H2,(H,18,19). The molecule has 0 amide bonds. The molecule has 19 heavy (non-hydrogen) atoms. The predicted octanol–water partition coefficient (Wildman–Crippen LogP) is 2.28. The van der Waals surface area contributed by atoms with Crippen molar-refractivity contribution in [1.29, 1.82) is 0 Å². The quantitative estimate of drug-likeness (QED) is 0.734.